The van der Waals surface area contributed by atoms with Crippen LogP contribution in [0.15, 0.2) is 6.07 Å². The Bertz CT molecular complexity index is 415. The van der Waals surface area contributed by atoms with Gasteiger partial charge in [0.25, 0.3) is 0 Å². The molecule has 0 amide bonds. The fraction of sp³-hybridized carbons (Fsp3) is 0.111. The molecule has 0 saturated heterocycles. The highest BCUT2D eigenvalue weighted by molar-refractivity contribution is 6.33. The van der Waals surface area contributed by atoms with Gasteiger partial charge in [-0.1, -0.05) is 11.6 Å². The molecule has 0 spiro atoms. The number of carboxylic acids is 1. The third-order valence-corrected chi connectivity index (χ3v) is 2.09. The molecule has 0 unspecified atom stereocenters. The number of carbonyl (C=O) groups is 2. The van der Waals surface area contributed by atoms with E-state index in [0.29, 0.717) is 5.56 Å². The van der Waals surface area contributed by atoms with Crippen LogP contribution < -0.4 is 0 Å². The molecule has 0 aliphatic carbocycles. The molecule has 0 bridgehead atoms. The van der Waals surface area contributed by atoms with E-state index in [2.05, 4.69) is 0 Å². The minimum absolute atomic E-state index is 0.210. The Labute approximate surface area is 84.1 Å². The highest BCUT2D eigenvalue weighted by Crippen LogP contribution is 2.24. The SMILES string of the molecule is Cc1cc(Cl)c(C(=O)O)c(F)c1C=O. The van der Waals surface area contributed by atoms with Crippen LogP contribution in [0.25, 0.3) is 0 Å². The fourth-order valence-corrected chi connectivity index (χ4v) is 1.42. The minimum atomic E-state index is -1.49. The molecule has 5 heteroatoms. The van der Waals surface area contributed by atoms with E-state index < -0.39 is 17.3 Å². The van der Waals surface area contributed by atoms with E-state index in [4.69, 9.17) is 16.7 Å². The summed E-state index contributed by atoms with van der Waals surface area (Å²) in [6.45, 7) is 1.48. The standard InChI is InChI=1S/C9H6ClFO3/c1-4-2-6(10)7(9(13)14)8(11)5(4)3-12/h2-3H,1H3,(H,13,14). The van der Waals surface area contributed by atoms with Crippen molar-refractivity contribution in [2.45, 2.75) is 6.92 Å². The number of aromatic carboxylic acids is 1. The molecule has 0 aromatic heterocycles. The van der Waals surface area contributed by atoms with Crippen LogP contribution in [0.2, 0.25) is 5.02 Å². The van der Waals surface area contributed by atoms with Crippen molar-refractivity contribution >= 4 is 23.9 Å². The van der Waals surface area contributed by atoms with Crippen LogP contribution in [-0.2, 0) is 0 Å². The van der Waals surface area contributed by atoms with Crippen LogP contribution in [-0.4, -0.2) is 17.4 Å². The topological polar surface area (TPSA) is 54.4 Å². The lowest BCUT2D eigenvalue weighted by Gasteiger charge is -2.05. The zero-order chi connectivity index (χ0) is 10.9. The van der Waals surface area contributed by atoms with Crippen molar-refractivity contribution in [2.75, 3.05) is 0 Å². The van der Waals surface area contributed by atoms with E-state index in [-0.39, 0.29) is 16.9 Å². The summed E-state index contributed by atoms with van der Waals surface area (Å²) in [5, 5.41) is 8.41. The molecule has 0 aliphatic heterocycles. The normalized spacial score (nSPS) is 9.93. The average Bonchev–Trinajstić information content (AvgIpc) is 2.02. The maximum Gasteiger partial charge on any atom is 0.340 e. The van der Waals surface area contributed by atoms with Crippen molar-refractivity contribution in [2.24, 2.45) is 0 Å². The van der Waals surface area contributed by atoms with Crippen molar-refractivity contribution in [3.05, 3.63) is 33.6 Å². The summed E-state index contributed by atoms with van der Waals surface area (Å²) in [6, 6.07) is 1.25. The number of carbonyl (C=O) groups excluding carboxylic acids is 1. The van der Waals surface area contributed by atoms with Gasteiger partial charge >= 0.3 is 5.97 Å². The first kappa shape index (κ1) is 10.7. The maximum absolute atomic E-state index is 13.3. The largest absolute Gasteiger partial charge is 0.478 e. The first-order chi connectivity index (χ1) is 6.49. The minimum Gasteiger partial charge on any atom is -0.478 e. The molecule has 1 aromatic rings. The third kappa shape index (κ3) is 1.61. The van der Waals surface area contributed by atoms with Crippen LogP contribution in [0, 0.1) is 12.7 Å². The Kier molecular flexibility index (Phi) is 2.86. The van der Waals surface area contributed by atoms with Gasteiger partial charge in [0.1, 0.15) is 11.4 Å². The molecular formula is C9H6ClFO3. The summed E-state index contributed by atoms with van der Waals surface area (Å²) >= 11 is 5.52. The summed E-state index contributed by atoms with van der Waals surface area (Å²) in [5.74, 6) is -2.58. The van der Waals surface area contributed by atoms with Gasteiger partial charge in [-0.15, -0.1) is 0 Å². The Morgan fingerprint density at radius 1 is 1.64 bits per heavy atom. The van der Waals surface area contributed by atoms with Crippen LogP contribution in [0.1, 0.15) is 26.3 Å². The van der Waals surface area contributed by atoms with Gasteiger partial charge < -0.3 is 5.11 Å². The van der Waals surface area contributed by atoms with Crippen molar-refractivity contribution in [1.29, 1.82) is 0 Å². The Balaban J connectivity index is 3.60. The van der Waals surface area contributed by atoms with Gasteiger partial charge in [0, 0.05) is 0 Å². The van der Waals surface area contributed by atoms with Gasteiger partial charge in [-0.05, 0) is 18.6 Å². The molecular weight excluding hydrogens is 211 g/mol. The van der Waals surface area contributed by atoms with E-state index in [1.54, 1.807) is 0 Å². The summed E-state index contributed by atoms with van der Waals surface area (Å²) in [5.41, 5.74) is -0.626. The smallest absolute Gasteiger partial charge is 0.340 e. The highest BCUT2D eigenvalue weighted by atomic mass is 35.5. The summed E-state index contributed by atoms with van der Waals surface area (Å²) < 4.78 is 13.3. The Morgan fingerprint density at radius 3 is 2.64 bits per heavy atom. The van der Waals surface area contributed by atoms with Crippen LogP contribution >= 0.6 is 11.6 Å². The van der Waals surface area contributed by atoms with Crippen molar-refractivity contribution < 1.29 is 19.1 Å². The number of hydrogen-bond acceptors (Lipinski definition) is 2. The van der Waals surface area contributed by atoms with Gasteiger partial charge in [-0.25, -0.2) is 9.18 Å². The Hall–Kier alpha value is -1.42. The Morgan fingerprint density at radius 2 is 2.21 bits per heavy atom. The third-order valence-electron chi connectivity index (χ3n) is 1.79. The van der Waals surface area contributed by atoms with Gasteiger partial charge in [0.2, 0.25) is 0 Å². The van der Waals surface area contributed by atoms with E-state index in [0.717, 1.165) is 0 Å². The second-order valence-corrected chi connectivity index (χ2v) is 3.11. The zero-order valence-corrected chi connectivity index (χ0v) is 7.93. The number of halogens is 2. The number of aldehydes is 1. The molecule has 0 aliphatic rings. The first-order valence-corrected chi connectivity index (χ1v) is 4.04. The van der Waals surface area contributed by atoms with Crippen molar-refractivity contribution in [3.63, 3.8) is 0 Å². The van der Waals surface area contributed by atoms with Gasteiger partial charge in [-0.3, -0.25) is 4.79 Å². The lowest BCUT2D eigenvalue weighted by atomic mass is 10.0. The highest BCUT2D eigenvalue weighted by Gasteiger charge is 2.20. The molecule has 0 saturated carbocycles. The van der Waals surface area contributed by atoms with Crippen LogP contribution in [0.4, 0.5) is 4.39 Å². The van der Waals surface area contributed by atoms with Crippen LogP contribution in [0.5, 0.6) is 0 Å². The number of aryl methyl sites for hydroxylation is 1. The molecule has 14 heavy (non-hydrogen) atoms. The fourth-order valence-electron chi connectivity index (χ4n) is 1.09. The lowest BCUT2D eigenvalue weighted by Crippen LogP contribution is -2.06. The number of carboxylic acid groups (broad SMARTS) is 1. The molecule has 0 atom stereocenters. The monoisotopic (exact) mass is 216 g/mol. The van der Waals surface area contributed by atoms with Gasteiger partial charge in [0.05, 0.1) is 10.6 Å². The predicted octanol–water partition coefficient (Wildman–Crippen LogP) is 2.30. The average molecular weight is 217 g/mol. The second-order valence-electron chi connectivity index (χ2n) is 2.70. The maximum atomic E-state index is 13.3. The molecule has 74 valence electrons. The lowest BCUT2D eigenvalue weighted by molar-refractivity contribution is 0.0692. The number of hydrogen-bond donors (Lipinski definition) is 1. The summed E-state index contributed by atoms with van der Waals surface area (Å²) in [7, 11) is 0. The quantitative estimate of drug-likeness (QED) is 0.772. The van der Waals surface area contributed by atoms with Gasteiger partial charge in [0.15, 0.2) is 6.29 Å². The molecule has 3 nitrogen and oxygen atoms in total. The zero-order valence-electron chi connectivity index (χ0n) is 7.17. The molecule has 1 rings (SSSR count). The molecule has 0 heterocycles. The summed E-state index contributed by atoms with van der Waals surface area (Å²) in [4.78, 5) is 21.0. The number of benzene rings is 1. The van der Waals surface area contributed by atoms with E-state index in [1.165, 1.54) is 13.0 Å². The predicted molar refractivity (Wildman–Crippen MR) is 48.5 cm³/mol. The van der Waals surface area contributed by atoms with Crippen LogP contribution in [0.3, 0.4) is 0 Å². The second kappa shape index (κ2) is 3.75. The number of rotatable bonds is 2. The van der Waals surface area contributed by atoms with E-state index in [1.807, 2.05) is 0 Å². The van der Waals surface area contributed by atoms with Crippen molar-refractivity contribution in [1.82, 2.24) is 0 Å². The van der Waals surface area contributed by atoms with Crippen molar-refractivity contribution in [3.8, 4) is 0 Å². The summed E-state index contributed by atoms with van der Waals surface area (Å²) in [6.07, 6.45) is 0.271. The molecule has 0 radical (unpaired) electrons. The molecule has 1 aromatic carbocycles. The molecule has 0 fully saturated rings. The van der Waals surface area contributed by atoms with Gasteiger partial charge in [-0.2, -0.15) is 0 Å². The van der Waals surface area contributed by atoms with E-state index >= 15 is 0 Å². The van der Waals surface area contributed by atoms with E-state index in [9.17, 15) is 14.0 Å². The first-order valence-electron chi connectivity index (χ1n) is 3.66. The molecule has 1 N–H and O–H groups in total.